The molecule has 0 aliphatic rings. The summed E-state index contributed by atoms with van der Waals surface area (Å²) in [6.07, 6.45) is 3.00. The zero-order chi connectivity index (χ0) is 29.8. The van der Waals surface area contributed by atoms with Crippen LogP contribution in [0.5, 0.6) is 5.75 Å². The van der Waals surface area contributed by atoms with Gasteiger partial charge >= 0.3 is 0 Å². The van der Waals surface area contributed by atoms with E-state index in [9.17, 15) is 9.18 Å². The number of benzene rings is 2. The highest BCUT2D eigenvalue weighted by molar-refractivity contribution is 6.32. The number of halogens is 2. The van der Waals surface area contributed by atoms with Gasteiger partial charge in [-0.1, -0.05) is 36.4 Å². The SMILES string of the molecule is C=C(c1cccc(F)c1)c1c(N)ncnc1NC(C)c1cc(Cl)c(C)c(-c2ccc(C(=O)N(C)C)nc2)c1OCC. The highest BCUT2D eigenvalue weighted by atomic mass is 35.5. The summed E-state index contributed by atoms with van der Waals surface area (Å²) in [4.78, 5) is 26.8. The number of anilines is 2. The number of aromatic nitrogens is 3. The van der Waals surface area contributed by atoms with Crippen LogP contribution in [0.2, 0.25) is 5.02 Å². The van der Waals surface area contributed by atoms with Gasteiger partial charge in [0.05, 0.1) is 18.2 Å². The largest absolute Gasteiger partial charge is 0.493 e. The van der Waals surface area contributed by atoms with Crippen LogP contribution in [0.15, 0.2) is 61.6 Å². The molecule has 0 aliphatic carbocycles. The molecule has 1 atom stereocenters. The van der Waals surface area contributed by atoms with Crippen LogP contribution in [0, 0.1) is 12.7 Å². The molecular weight excluding hydrogens is 543 g/mol. The fourth-order valence-corrected chi connectivity index (χ4v) is 4.73. The van der Waals surface area contributed by atoms with Crippen molar-refractivity contribution in [3.63, 3.8) is 0 Å². The van der Waals surface area contributed by atoms with Crippen LogP contribution in [0.4, 0.5) is 16.0 Å². The fourth-order valence-electron chi connectivity index (χ4n) is 4.52. The Morgan fingerprint density at radius 1 is 1.20 bits per heavy atom. The van der Waals surface area contributed by atoms with Crippen molar-refractivity contribution < 1.29 is 13.9 Å². The number of nitrogens with one attached hydrogen (secondary N) is 1. The van der Waals surface area contributed by atoms with Gasteiger partial charge < -0.3 is 20.7 Å². The highest BCUT2D eigenvalue weighted by Crippen LogP contribution is 2.43. The van der Waals surface area contributed by atoms with Crippen molar-refractivity contribution in [2.24, 2.45) is 0 Å². The monoisotopic (exact) mass is 574 g/mol. The molecule has 10 heteroatoms. The lowest BCUT2D eigenvalue weighted by Crippen LogP contribution is -2.22. The molecule has 2 aromatic heterocycles. The average molecular weight is 575 g/mol. The normalized spacial score (nSPS) is 11.6. The van der Waals surface area contributed by atoms with E-state index in [0.717, 1.165) is 22.3 Å². The minimum Gasteiger partial charge on any atom is -0.493 e. The number of nitrogens with two attached hydrogens (primary N) is 1. The third-order valence-corrected chi connectivity index (χ3v) is 7.03. The fraction of sp³-hybridized carbons (Fsp3) is 0.226. The van der Waals surface area contributed by atoms with Crippen molar-refractivity contribution >= 4 is 34.7 Å². The van der Waals surface area contributed by atoms with Gasteiger partial charge in [-0.15, -0.1) is 0 Å². The summed E-state index contributed by atoms with van der Waals surface area (Å²) in [7, 11) is 3.36. The first-order valence-corrected chi connectivity index (χ1v) is 13.4. The van der Waals surface area contributed by atoms with Crippen LogP contribution < -0.4 is 15.8 Å². The first kappa shape index (κ1) is 29.5. The molecule has 2 aromatic carbocycles. The van der Waals surface area contributed by atoms with Crippen molar-refractivity contribution in [1.29, 1.82) is 0 Å². The van der Waals surface area contributed by atoms with Gasteiger partial charge in [0.1, 0.15) is 35.2 Å². The topological polar surface area (TPSA) is 106 Å². The number of carbonyl (C=O) groups excluding carboxylic acids is 1. The number of carbonyl (C=O) groups is 1. The maximum absolute atomic E-state index is 14.0. The van der Waals surface area contributed by atoms with Crippen molar-refractivity contribution in [3.8, 4) is 16.9 Å². The third kappa shape index (κ3) is 6.15. The lowest BCUT2D eigenvalue weighted by Gasteiger charge is -2.24. The van der Waals surface area contributed by atoms with Crippen LogP contribution in [0.25, 0.3) is 16.7 Å². The molecule has 1 unspecified atom stereocenters. The maximum atomic E-state index is 14.0. The number of ether oxygens (including phenoxy) is 1. The molecule has 0 bridgehead atoms. The summed E-state index contributed by atoms with van der Waals surface area (Å²) >= 11 is 6.75. The molecule has 41 heavy (non-hydrogen) atoms. The maximum Gasteiger partial charge on any atom is 0.271 e. The van der Waals surface area contributed by atoms with Crippen LogP contribution in [0.3, 0.4) is 0 Å². The molecule has 3 N–H and O–H groups in total. The first-order valence-electron chi connectivity index (χ1n) is 13.0. The van der Waals surface area contributed by atoms with Crippen molar-refractivity contribution in [2.75, 3.05) is 31.8 Å². The zero-order valence-electron chi connectivity index (χ0n) is 23.6. The Bertz CT molecular complexity index is 1610. The molecule has 212 valence electrons. The summed E-state index contributed by atoms with van der Waals surface area (Å²) in [5.41, 5.74) is 11.2. The summed E-state index contributed by atoms with van der Waals surface area (Å²) in [6.45, 7) is 10.3. The van der Waals surface area contributed by atoms with E-state index in [0.29, 0.717) is 45.6 Å². The molecule has 0 aliphatic heterocycles. The quantitative estimate of drug-likeness (QED) is 0.233. The summed E-state index contributed by atoms with van der Waals surface area (Å²) in [6, 6.07) is 11.1. The molecular formula is C31H32ClFN6O2. The van der Waals surface area contributed by atoms with Crippen molar-refractivity contribution in [1.82, 2.24) is 19.9 Å². The van der Waals surface area contributed by atoms with E-state index in [2.05, 4.69) is 26.8 Å². The number of amides is 1. The lowest BCUT2D eigenvalue weighted by atomic mass is 9.94. The second-order valence-electron chi connectivity index (χ2n) is 9.68. The summed E-state index contributed by atoms with van der Waals surface area (Å²) in [5, 5.41) is 3.94. The Labute approximate surface area is 244 Å². The van der Waals surface area contributed by atoms with Gasteiger partial charge in [0.15, 0.2) is 0 Å². The molecule has 0 radical (unpaired) electrons. The second kappa shape index (κ2) is 12.3. The molecule has 4 aromatic rings. The van der Waals surface area contributed by atoms with E-state index in [-0.39, 0.29) is 17.8 Å². The van der Waals surface area contributed by atoms with E-state index < -0.39 is 5.82 Å². The molecule has 0 saturated heterocycles. The molecule has 0 saturated carbocycles. The van der Waals surface area contributed by atoms with Gasteiger partial charge in [-0.25, -0.2) is 14.4 Å². The second-order valence-corrected chi connectivity index (χ2v) is 10.1. The molecule has 0 fully saturated rings. The van der Waals surface area contributed by atoms with Gasteiger partial charge in [-0.3, -0.25) is 9.78 Å². The lowest BCUT2D eigenvalue weighted by molar-refractivity contribution is 0.0822. The number of hydrogen-bond acceptors (Lipinski definition) is 7. The van der Waals surface area contributed by atoms with E-state index in [1.165, 1.54) is 23.4 Å². The van der Waals surface area contributed by atoms with Crippen molar-refractivity contribution in [2.45, 2.75) is 26.8 Å². The Morgan fingerprint density at radius 2 is 1.95 bits per heavy atom. The number of nitrogens with zero attached hydrogens (tertiary/aromatic N) is 4. The Balaban J connectivity index is 1.78. The molecule has 2 heterocycles. The number of rotatable bonds is 9. The predicted molar refractivity (Wildman–Crippen MR) is 162 cm³/mol. The van der Waals surface area contributed by atoms with E-state index >= 15 is 0 Å². The van der Waals surface area contributed by atoms with Gasteiger partial charge in [0, 0.05) is 42.0 Å². The van der Waals surface area contributed by atoms with Crippen LogP contribution >= 0.6 is 11.6 Å². The van der Waals surface area contributed by atoms with E-state index in [1.807, 2.05) is 32.9 Å². The number of pyridine rings is 1. The van der Waals surface area contributed by atoms with Crippen LogP contribution in [0.1, 0.15) is 52.6 Å². The minimum atomic E-state index is -0.390. The van der Waals surface area contributed by atoms with Crippen molar-refractivity contribution in [3.05, 3.63) is 100 Å². The predicted octanol–water partition coefficient (Wildman–Crippen LogP) is 6.56. The van der Waals surface area contributed by atoms with Gasteiger partial charge in [0.25, 0.3) is 5.91 Å². The number of hydrogen-bond donors (Lipinski definition) is 2. The molecule has 0 spiro atoms. The third-order valence-electron chi connectivity index (χ3n) is 6.64. The molecule has 8 nitrogen and oxygen atoms in total. The summed E-state index contributed by atoms with van der Waals surface area (Å²) in [5.74, 6) is 0.667. The van der Waals surface area contributed by atoms with E-state index in [1.54, 1.807) is 38.5 Å². The Kier molecular flexibility index (Phi) is 8.88. The number of nitrogen functional groups attached to an aromatic ring is 1. The smallest absolute Gasteiger partial charge is 0.271 e. The highest BCUT2D eigenvalue weighted by Gasteiger charge is 2.24. The summed E-state index contributed by atoms with van der Waals surface area (Å²) < 4.78 is 20.2. The molecule has 1 amide bonds. The van der Waals surface area contributed by atoms with Gasteiger partial charge in [0.2, 0.25) is 0 Å². The van der Waals surface area contributed by atoms with Crippen LogP contribution in [-0.4, -0.2) is 46.5 Å². The Morgan fingerprint density at radius 3 is 2.59 bits per heavy atom. The van der Waals surface area contributed by atoms with Crippen LogP contribution in [-0.2, 0) is 0 Å². The first-order chi connectivity index (χ1) is 19.5. The van der Waals surface area contributed by atoms with E-state index in [4.69, 9.17) is 22.1 Å². The van der Waals surface area contributed by atoms with Gasteiger partial charge in [-0.2, -0.15) is 0 Å². The Hall–Kier alpha value is -4.50. The standard InChI is InChI=1S/C31H32ClFN6O2/c1-7-41-28-23(14-24(32)18(3)26(28)21-11-12-25(35-15-21)31(40)39(5)6)19(4)38-30-27(29(34)36-16-37-30)17(2)20-9-8-10-22(33)13-20/h8-16,19H,2,7H2,1,3-6H3,(H3,34,36,37,38). The molecule has 4 rings (SSSR count). The zero-order valence-corrected chi connectivity index (χ0v) is 24.4. The minimum absolute atomic E-state index is 0.192. The average Bonchev–Trinajstić information content (AvgIpc) is 2.94. The van der Waals surface area contributed by atoms with Gasteiger partial charge in [-0.05, 0) is 61.7 Å².